The third kappa shape index (κ3) is 3.79. The lowest BCUT2D eigenvalue weighted by atomic mass is 10.1. The van der Waals surface area contributed by atoms with Crippen molar-refractivity contribution in [2.45, 2.75) is 33.1 Å². The Morgan fingerprint density at radius 2 is 1.94 bits per heavy atom. The lowest BCUT2D eigenvalue weighted by Crippen LogP contribution is -2.29. The summed E-state index contributed by atoms with van der Waals surface area (Å²) in [5.41, 5.74) is 7.00. The van der Waals surface area contributed by atoms with Crippen LogP contribution in [0.4, 0.5) is 11.4 Å². The average Bonchev–Trinajstić information content (AvgIpc) is 3.37. The van der Waals surface area contributed by atoms with Gasteiger partial charge in [-0.05, 0) is 57.4 Å². The predicted octanol–water partition coefficient (Wildman–Crippen LogP) is 4.81. The zero-order chi connectivity index (χ0) is 21.4. The smallest absolute Gasteiger partial charge is 0.276 e. The molecule has 1 aliphatic rings. The van der Waals surface area contributed by atoms with Crippen molar-refractivity contribution in [3.05, 3.63) is 59.5 Å². The molecule has 158 valence electrons. The van der Waals surface area contributed by atoms with E-state index in [1.807, 2.05) is 19.9 Å². The summed E-state index contributed by atoms with van der Waals surface area (Å²) in [7, 11) is 0. The number of nitrogens with one attached hydrogen (secondary N) is 3. The van der Waals surface area contributed by atoms with Gasteiger partial charge in [-0.2, -0.15) is 5.10 Å². The van der Waals surface area contributed by atoms with Crippen LogP contribution in [0.15, 0.2) is 42.6 Å². The maximum Gasteiger partial charge on any atom is 0.276 e. The van der Waals surface area contributed by atoms with Gasteiger partial charge in [0.05, 0.1) is 11.9 Å². The molecule has 1 amide bonds. The topological polar surface area (TPSA) is 89.7 Å². The number of aromatic amines is 2. The number of hydrogen-bond acceptors (Lipinski definition) is 4. The number of anilines is 2. The summed E-state index contributed by atoms with van der Waals surface area (Å²) in [5, 5.41) is 10.8. The van der Waals surface area contributed by atoms with E-state index in [0.29, 0.717) is 11.4 Å². The van der Waals surface area contributed by atoms with E-state index in [1.165, 1.54) is 24.9 Å². The number of amides is 1. The van der Waals surface area contributed by atoms with E-state index in [0.717, 1.165) is 46.6 Å². The molecule has 4 aromatic rings. The molecular formula is C24H26N6O. The Labute approximate surface area is 180 Å². The number of benzene rings is 1. The summed E-state index contributed by atoms with van der Waals surface area (Å²) >= 11 is 0. The molecule has 0 bridgehead atoms. The van der Waals surface area contributed by atoms with Crippen LogP contribution in [0.5, 0.6) is 0 Å². The van der Waals surface area contributed by atoms with Gasteiger partial charge in [-0.25, -0.2) is 4.98 Å². The lowest BCUT2D eigenvalue weighted by molar-refractivity contribution is 0.102. The van der Waals surface area contributed by atoms with Gasteiger partial charge < -0.3 is 15.2 Å². The molecule has 3 aromatic heterocycles. The second-order valence-electron chi connectivity index (χ2n) is 8.22. The van der Waals surface area contributed by atoms with Crippen LogP contribution in [0.25, 0.3) is 22.3 Å². The number of carbonyl (C=O) groups excluding carboxylic acids is 1. The first-order valence-electron chi connectivity index (χ1n) is 10.8. The first-order valence-corrected chi connectivity index (χ1v) is 10.8. The largest absolute Gasteiger partial charge is 0.372 e. The van der Waals surface area contributed by atoms with E-state index < -0.39 is 0 Å². The molecule has 0 atom stereocenters. The Hall–Kier alpha value is -3.61. The summed E-state index contributed by atoms with van der Waals surface area (Å²) < 4.78 is 0. The number of aryl methyl sites for hydroxylation is 1. The van der Waals surface area contributed by atoms with Crippen LogP contribution in [0.3, 0.4) is 0 Å². The van der Waals surface area contributed by atoms with E-state index in [9.17, 15) is 4.79 Å². The van der Waals surface area contributed by atoms with Gasteiger partial charge in [-0.1, -0.05) is 12.1 Å². The Bertz CT molecular complexity index is 1250. The Morgan fingerprint density at radius 3 is 2.71 bits per heavy atom. The highest BCUT2D eigenvalue weighted by atomic mass is 16.1. The molecule has 5 rings (SSSR count). The molecule has 0 unspecified atom stereocenters. The number of H-pyrrole nitrogens is 2. The van der Waals surface area contributed by atoms with Gasteiger partial charge in [-0.3, -0.25) is 9.89 Å². The summed E-state index contributed by atoms with van der Waals surface area (Å²) in [6, 6.07) is 12.7. The maximum absolute atomic E-state index is 12.6. The van der Waals surface area contributed by atoms with Gasteiger partial charge >= 0.3 is 0 Å². The summed E-state index contributed by atoms with van der Waals surface area (Å²) in [6.07, 6.45) is 5.50. The molecule has 1 saturated heterocycles. The molecule has 7 nitrogen and oxygen atoms in total. The Balaban J connectivity index is 1.40. The van der Waals surface area contributed by atoms with Crippen LogP contribution in [-0.4, -0.2) is 39.2 Å². The second kappa shape index (κ2) is 7.91. The van der Waals surface area contributed by atoms with Gasteiger partial charge in [0.1, 0.15) is 5.65 Å². The minimum Gasteiger partial charge on any atom is -0.372 e. The monoisotopic (exact) mass is 414 g/mol. The van der Waals surface area contributed by atoms with Crippen molar-refractivity contribution in [1.82, 2.24) is 20.2 Å². The van der Waals surface area contributed by atoms with E-state index in [1.54, 1.807) is 6.20 Å². The number of fused-ring (bicyclic) bond motifs is 1. The molecule has 1 aromatic carbocycles. The zero-order valence-electron chi connectivity index (χ0n) is 17.8. The van der Waals surface area contributed by atoms with E-state index in [4.69, 9.17) is 0 Å². The van der Waals surface area contributed by atoms with Gasteiger partial charge in [0, 0.05) is 46.7 Å². The Morgan fingerprint density at radius 1 is 1.10 bits per heavy atom. The maximum atomic E-state index is 12.6. The minimum atomic E-state index is -0.243. The van der Waals surface area contributed by atoms with E-state index in [-0.39, 0.29) is 5.91 Å². The number of hydrogen-bond donors (Lipinski definition) is 3. The van der Waals surface area contributed by atoms with Crippen molar-refractivity contribution in [3.8, 4) is 11.3 Å². The molecule has 1 fully saturated rings. The van der Waals surface area contributed by atoms with Gasteiger partial charge in [0.25, 0.3) is 5.91 Å². The van der Waals surface area contributed by atoms with Crippen LogP contribution in [0, 0.1) is 13.8 Å². The first-order chi connectivity index (χ1) is 15.1. The zero-order valence-corrected chi connectivity index (χ0v) is 17.8. The number of aromatic nitrogens is 4. The molecule has 0 aliphatic carbocycles. The van der Waals surface area contributed by atoms with Crippen molar-refractivity contribution >= 4 is 28.3 Å². The fourth-order valence-corrected chi connectivity index (χ4v) is 4.16. The average molecular weight is 415 g/mol. The van der Waals surface area contributed by atoms with Crippen LogP contribution in [0.2, 0.25) is 0 Å². The van der Waals surface area contributed by atoms with Crippen LogP contribution in [-0.2, 0) is 0 Å². The molecular weight excluding hydrogens is 388 g/mol. The third-order valence-corrected chi connectivity index (χ3v) is 6.07. The highest BCUT2D eigenvalue weighted by Gasteiger charge is 2.16. The summed E-state index contributed by atoms with van der Waals surface area (Å²) in [4.78, 5) is 22.9. The number of carbonyl (C=O) groups is 1. The highest BCUT2D eigenvalue weighted by molar-refractivity contribution is 6.04. The van der Waals surface area contributed by atoms with Crippen LogP contribution < -0.4 is 10.2 Å². The second-order valence-corrected chi connectivity index (χ2v) is 8.22. The van der Waals surface area contributed by atoms with E-state index >= 15 is 0 Å². The number of piperidine rings is 1. The number of nitrogens with zero attached hydrogens (tertiary/aromatic N) is 3. The van der Waals surface area contributed by atoms with E-state index in [2.05, 4.69) is 60.7 Å². The predicted molar refractivity (Wildman–Crippen MR) is 124 cm³/mol. The quantitative estimate of drug-likeness (QED) is 0.447. The fraction of sp³-hybridized carbons (Fsp3) is 0.292. The fourth-order valence-electron chi connectivity index (χ4n) is 4.16. The molecule has 7 heteroatoms. The van der Waals surface area contributed by atoms with Crippen molar-refractivity contribution in [3.63, 3.8) is 0 Å². The van der Waals surface area contributed by atoms with Gasteiger partial charge in [0.2, 0.25) is 0 Å². The molecule has 3 N–H and O–H groups in total. The SMILES string of the molecule is Cc1[nH]nc(C(=O)Nc2cnc3[nH]c(-c4cccc(N5CCCCC5)c4)cc3c2)c1C. The normalized spacial score (nSPS) is 14.2. The molecule has 0 saturated carbocycles. The van der Waals surface area contributed by atoms with Crippen molar-refractivity contribution < 1.29 is 4.79 Å². The minimum absolute atomic E-state index is 0.243. The third-order valence-electron chi connectivity index (χ3n) is 6.07. The van der Waals surface area contributed by atoms with Gasteiger partial charge in [-0.15, -0.1) is 0 Å². The highest BCUT2D eigenvalue weighted by Crippen LogP contribution is 2.29. The van der Waals surface area contributed by atoms with Crippen LogP contribution in [0.1, 0.15) is 41.0 Å². The molecule has 0 radical (unpaired) electrons. The molecule has 1 aliphatic heterocycles. The lowest BCUT2D eigenvalue weighted by Gasteiger charge is -2.29. The summed E-state index contributed by atoms with van der Waals surface area (Å²) in [6.45, 7) is 6.02. The molecule has 31 heavy (non-hydrogen) atoms. The van der Waals surface area contributed by atoms with Gasteiger partial charge in [0.15, 0.2) is 5.69 Å². The van der Waals surface area contributed by atoms with Crippen molar-refractivity contribution in [2.75, 3.05) is 23.3 Å². The number of rotatable bonds is 4. The molecule has 0 spiro atoms. The van der Waals surface area contributed by atoms with Crippen LogP contribution >= 0.6 is 0 Å². The first kappa shape index (κ1) is 19.4. The Kier molecular flexibility index (Phi) is 4.94. The van der Waals surface area contributed by atoms with Crippen molar-refractivity contribution in [2.24, 2.45) is 0 Å². The molecule has 4 heterocycles. The number of pyridine rings is 1. The van der Waals surface area contributed by atoms with Crippen molar-refractivity contribution in [1.29, 1.82) is 0 Å². The standard InChI is InChI=1S/C24H26N6O/c1-15-16(2)28-29-22(15)24(31)26-19-11-18-13-21(27-23(18)25-14-19)17-7-6-8-20(12-17)30-9-4-3-5-10-30/h6-8,11-14H,3-5,9-10H2,1-2H3,(H,25,27)(H,26,31)(H,28,29). The summed E-state index contributed by atoms with van der Waals surface area (Å²) in [5.74, 6) is -0.243.